The summed E-state index contributed by atoms with van der Waals surface area (Å²) in [6, 6.07) is 111. The van der Waals surface area contributed by atoms with Crippen LogP contribution in [0.15, 0.2) is 328 Å². The third-order valence-corrected chi connectivity index (χ3v) is 18.7. The summed E-state index contributed by atoms with van der Waals surface area (Å²) in [7, 11) is 0. The Morgan fingerprint density at radius 1 is 0.163 bits per heavy atom. The van der Waals surface area contributed by atoms with Gasteiger partial charge in [0.2, 0.25) is 0 Å². The summed E-state index contributed by atoms with van der Waals surface area (Å²) in [4.78, 5) is 19.5. The minimum absolute atomic E-state index is 0.954. The summed E-state index contributed by atoms with van der Waals surface area (Å²) in [5, 5.41) is 14.2. The predicted octanol–water partition coefficient (Wildman–Crippen LogP) is 23.5. The van der Waals surface area contributed by atoms with Gasteiger partial charge in [0.05, 0.1) is 22.1 Å². The van der Waals surface area contributed by atoms with Crippen LogP contribution >= 0.6 is 0 Å². The van der Waals surface area contributed by atoms with Crippen LogP contribution in [-0.4, -0.2) is 19.9 Å². The first-order chi connectivity index (χ1) is 45.5. The zero-order valence-electron chi connectivity index (χ0n) is 50.0. The number of hydrogen-bond donors (Lipinski definition) is 0. The second kappa shape index (κ2) is 21.8. The average molecular weight is 1170 g/mol. The van der Waals surface area contributed by atoms with Crippen molar-refractivity contribution in [1.82, 2.24) is 19.9 Å². The number of hydrogen-bond acceptors (Lipinski definition) is 4. The first-order valence-electron chi connectivity index (χ1n) is 31.4. The first-order valence-corrected chi connectivity index (χ1v) is 31.4. The Morgan fingerprint density at radius 2 is 0.576 bits per heavy atom. The molecule has 4 heterocycles. The average Bonchev–Trinajstić information content (AvgIpc) is 0.801. The number of pyridine rings is 4. The molecule has 4 heteroatoms. The van der Waals surface area contributed by atoms with Crippen molar-refractivity contribution in [2.24, 2.45) is 0 Å². The van der Waals surface area contributed by atoms with Crippen molar-refractivity contribution >= 4 is 86.7 Å². The van der Waals surface area contributed by atoms with Crippen molar-refractivity contribution in [2.45, 2.75) is 0 Å². The molecule has 0 radical (unpaired) electrons. The van der Waals surface area contributed by atoms with E-state index in [1.165, 1.54) is 70.9 Å². The number of fused-ring (bicyclic) bond motifs is 10. The van der Waals surface area contributed by atoms with Gasteiger partial charge in [-0.15, -0.1) is 0 Å². The van der Waals surface area contributed by atoms with Gasteiger partial charge < -0.3 is 0 Å². The van der Waals surface area contributed by atoms with Crippen LogP contribution in [-0.2, 0) is 0 Å². The molecule has 18 rings (SSSR count). The van der Waals surface area contributed by atoms with Gasteiger partial charge in [-0.3, -0.25) is 19.9 Å². The van der Waals surface area contributed by atoms with Crippen molar-refractivity contribution in [3.8, 4) is 100 Å². The highest BCUT2D eigenvalue weighted by Gasteiger charge is 2.18. The molecule has 0 saturated heterocycles. The Morgan fingerprint density at radius 3 is 1.29 bits per heavy atom. The molecule has 426 valence electrons. The van der Waals surface area contributed by atoms with Gasteiger partial charge >= 0.3 is 0 Å². The van der Waals surface area contributed by atoms with Crippen molar-refractivity contribution in [1.29, 1.82) is 0 Å². The van der Waals surface area contributed by atoms with E-state index in [1.807, 2.05) is 36.8 Å². The van der Waals surface area contributed by atoms with Crippen LogP contribution in [0.3, 0.4) is 0 Å². The van der Waals surface area contributed by atoms with Gasteiger partial charge in [-0.05, 0) is 230 Å². The number of para-hydroxylation sites is 2. The third-order valence-electron chi connectivity index (χ3n) is 18.7. The van der Waals surface area contributed by atoms with Crippen molar-refractivity contribution < 1.29 is 0 Å². The molecule has 0 fully saturated rings. The highest BCUT2D eigenvalue weighted by molar-refractivity contribution is 6.15. The maximum absolute atomic E-state index is 5.39. The van der Waals surface area contributed by atoms with Gasteiger partial charge in [0, 0.05) is 63.0 Å². The number of nitrogens with zero attached hydrogens (tertiary/aromatic N) is 4. The van der Waals surface area contributed by atoms with E-state index >= 15 is 0 Å². The molecule has 4 aromatic heterocycles. The molecule has 14 aromatic carbocycles. The van der Waals surface area contributed by atoms with E-state index in [4.69, 9.17) is 9.97 Å². The van der Waals surface area contributed by atoms with Gasteiger partial charge in [-0.25, -0.2) is 0 Å². The molecule has 0 amide bonds. The van der Waals surface area contributed by atoms with E-state index in [0.29, 0.717) is 0 Å². The molecule has 0 aliphatic heterocycles. The van der Waals surface area contributed by atoms with Crippen molar-refractivity contribution in [2.75, 3.05) is 0 Å². The fourth-order valence-electron chi connectivity index (χ4n) is 14.2. The van der Waals surface area contributed by atoms with Gasteiger partial charge in [-0.1, -0.05) is 200 Å². The van der Waals surface area contributed by atoms with Gasteiger partial charge in [0.15, 0.2) is 0 Å². The van der Waals surface area contributed by atoms with Crippen LogP contribution in [0.5, 0.6) is 0 Å². The maximum Gasteiger partial charge on any atom is 0.0780 e. The lowest BCUT2D eigenvalue weighted by Crippen LogP contribution is -1.91. The van der Waals surface area contributed by atoms with Crippen LogP contribution in [0, 0.1) is 0 Å². The topological polar surface area (TPSA) is 51.6 Å². The lowest BCUT2D eigenvalue weighted by molar-refractivity contribution is 1.40. The van der Waals surface area contributed by atoms with Crippen molar-refractivity contribution in [3.63, 3.8) is 0 Å². The summed E-state index contributed by atoms with van der Waals surface area (Å²) in [5.74, 6) is 0. The summed E-state index contributed by atoms with van der Waals surface area (Å²) in [6.45, 7) is 0. The summed E-state index contributed by atoms with van der Waals surface area (Å²) in [5.41, 5.74) is 24.4. The number of benzene rings is 14. The van der Waals surface area contributed by atoms with E-state index in [-0.39, 0.29) is 0 Å². The molecule has 0 bridgehead atoms. The van der Waals surface area contributed by atoms with Crippen LogP contribution in [0.25, 0.3) is 187 Å². The fraction of sp³-hybridized carbons (Fsp3) is 0. The van der Waals surface area contributed by atoms with E-state index in [2.05, 4.69) is 301 Å². The largest absolute Gasteiger partial charge is 0.256 e. The fourth-order valence-corrected chi connectivity index (χ4v) is 14.2. The van der Waals surface area contributed by atoms with E-state index in [1.54, 1.807) is 0 Å². The summed E-state index contributed by atoms with van der Waals surface area (Å²) in [6.07, 6.45) is 7.66. The zero-order valence-corrected chi connectivity index (χ0v) is 50.0. The Balaban J connectivity index is 0.729. The van der Waals surface area contributed by atoms with Crippen LogP contribution in [0.1, 0.15) is 0 Å². The van der Waals surface area contributed by atoms with Gasteiger partial charge in [-0.2, -0.15) is 0 Å². The van der Waals surface area contributed by atoms with E-state index in [9.17, 15) is 0 Å². The van der Waals surface area contributed by atoms with Gasteiger partial charge in [0.25, 0.3) is 0 Å². The van der Waals surface area contributed by atoms with Crippen LogP contribution in [0.4, 0.5) is 0 Å². The van der Waals surface area contributed by atoms with E-state index in [0.717, 1.165) is 116 Å². The number of aromatic nitrogens is 4. The minimum atomic E-state index is 0.954. The van der Waals surface area contributed by atoms with Crippen LogP contribution in [0.2, 0.25) is 0 Å². The monoisotopic (exact) mass is 1170 g/mol. The smallest absolute Gasteiger partial charge is 0.0780 e. The molecule has 4 nitrogen and oxygen atoms in total. The molecule has 0 atom stereocenters. The van der Waals surface area contributed by atoms with E-state index < -0.39 is 0 Å². The second-order valence-electron chi connectivity index (χ2n) is 24.2. The lowest BCUT2D eigenvalue weighted by Gasteiger charge is -2.16. The molecule has 0 unspecified atom stereocenters. The molecule has 18 aromatic rings. The minimum Gasteiger partial charge on any atom is -0.256 e. The molecule has 0 aliphatic carbocycles. The predicted molar refractivity (Wildman–Crippen MR) is 387 cm³/mol. The maximum atomic E-state index is 5.39. The number of rotatable bonds is 9. The van der Waals surface area contributed by atoms with Crippen LogP contribution < -0.4 is 0 Å². The normalized spacial score (nSPS) is 11.7. The molecule has 0 N–H and O–H groups in total. The molecule has 0 aliphatic rings. The Labute approximate surface area is 531 Å². The SMILES string of the molecule is c1cc(-c2ccc3ncccc3c2)cc(-c2cccc3c2ccc2ccc(-c4cc(-c5ccc6ncccc6c5)cc(-c5cnc6c(-c7cccc(-c8cc(-c9cccc(-c%10cccc%11cccnc%10%11)c9)c9ccc%10ccccc%10c9c8)c7)cccc6c5)c4)cc23)c1. The van der Waals surface area contributed by atoms with Crippen molar-refractivity contribution in [3.05, 3.63) is 328 Å². The summed E-state index contributed by atoms with van der Waals surface area (Å²) < 4.78 is 0. The quantitative estimate of drug-likeness (QED) is 0.135. The lowest BCUT2D eigenvalue weighted by atomic mass is 9.88. The molecular weight excluding hydrogens is 1110 g/mol. The molecule has 0 spiro atoms. The highest BCUT2D eigenvalue weighted by Crippen LogP contribution is 2.43. The summed E-state index contributed by atoms with van der Waals surface area (Å²) >= 11 is 0. The third kappa shape index (κ3) is 9.32. The molecular formula is C88H54N4. The molecule has 0 saturated carbocycles. The Bertz CT molecular complexity index is 6040. The standard InChI is InChI=1S/C88H54N4/c1-2-24-75-55(12-1)31-36-81-83(66-19-5-18-65(46-66)77-26-6-13-57-21-9-41-91-87(57)77)52-73(53-84(75)81)59-15-4-17-64(43-59)78-27-7-20-69-47-74(54-92-88(69)78)72-49-70(61-34-38-86-68(45-61)23-11-40-90-86)48-71(50-72)62-30-29-56-32-35-80-76(25-8-28-79(80)82(56)51-62)63-16-3-14-58(42-63)60-33-37-85-67(44-60)22-10-39-89-85/h1-54H. The highest BCUT2D eigenvalue weighted by atomic mass is 14.7. The molecule has 92 heavy (non-hydrogen) atoms. The zero-order chi connectivity index (χ0) is 60.6. The van der Waals surface area contributed by atoms with Gasteiger partial charge in [0.1, 0.15) is 0 Å². The Hall–Kier alpha value is -12.2. The Kier molecular flexibility index (Phi) is 12.5. The first kappa shape index (κ1) is 52.8. The second-order valence-corrected chi connectivity index (χ2v) is 24.2.